The highest BCUT2D eigenvalue weighted by molar-refractivity contribution is 7.89. The summed E-state index contributed by atoms with van der Waals surface area (Å²) >= 11 is 0. The van der Waals surface area contributed by atoms with Gasteiger partial charge < -0.3 is 10.5 Å². The van der Waals surface area contributed by atoms with E-state index in [0.29, 0.717) is 0 Å². The van der Waals surface area contributed by atoms with E-state index in [-0.39, 0.29) is 24.7 Å². The molecule has 116 valence electrons. The number of ether oxygens (including phenoxy) is 1. The van der Waals surface area contributed by atoms with Crippen LogP contribution in [-0.4, -0.2) is 38.9 Å². The number of esters is 1. The van der Waals surface area contributed by atoms with Gasteiger partial charge in [-0.05, 0) is 24.1 Å². The highest BCUT2D eigenvalue weighted by Crippen LogP contribution is 2.30. The van der Waals surface area contributed by atoms with Crippen molar-refractivity contribution in [3.63, 3.8) is 0 Å². The first-order valence-corrected chi connectivity index (χ1v) is 7.84. The lowest BCUT2D eigenvalue weighted by Gasteiger charge is -2.17. The fourth-order valence-corrected chi connectivity index (χ4v) is 4.10. The number of hydrogen-bond donors (Lipinski definition) is 1. The molecule has 2 unspecified atom stereocenters. The van der Waals surface area contributed by atoms with Gasteiger partial charge in [-0.3, -0.25) is 4.79 Å². The third kappa shape index (κ3) is 2.86. The summed E-state index contributed by atoms with van der Waals surface area (Å²) in [5.41, 5.74) is 5.68. The van der Waals surface area contributed by atoms with Gasteiger partial charge in [0.15, 0.2) is 0 Å². The minimum Gasteiger partial charge on any atom is -0.469 e. The molecule has 0 aromatic heterocycles. The zero-order chi connectivity index (χ0) is 15.8. The Morgan fingerprint density at radius 2 is 2.10 bits per heavy atom. The van der Waals surface area contributed by atoms with Gasteiger partial charge in [-0.25, -0.2) is 12.8 Å². The molecule has 0 spiro atoms. The van der Waals surface area contributed by atoms with E-state index in [9.17, 15) is 17.6 Å². The predicted molar refractivity (Wildman–Crippen MR) is 74.2 cm³/mol. The standard InChI is InChI=1S/C13H17FN2O4S/c1-8-6-16(7-10(8)13(17)20-2)21(18,19)12-5-9(15)3-4-11(12)14/h3-5,8,10H,6-7,15H2,1-2H3. The van der Waals surface area contributed by atoms with Crippen molar-refractivity contribution >= 4 is 21.7 Å². The van der Waals surface area contributed by atoms with Gasteiger partial charge in [0, 0.05) is 18.8 Å². The van der Waals surface area contributed by atoms with Crippen molar-refractivity contribution in [1.82, 2.24) is 4.31 Å². The second kappa shape index (κ2) is 5.61. The van der Waals surface area contributed by atoms with E-state index in [2.05, 4.69) is 4.74 Å². The van der Waals surface area contributed by atoms with Gasteiger partial charge in [0.2, 0.25) is 10.0 Å². The second-order valence-corrected chi connectivity index (χ2v) is 7.03. The zero-order valence-corrected chi connectivity index (χ0v) is 12.6. The Balaban J connectivity index is 2.33. The molecule has 8 heteroatoms. The van der Waals surface area contributed by atoms with E-state index in [1.165, 1.54) is 13.2 Å². The molecular formula is C13H17FN2O4S. The van der Waals surface area contributed by atoms with E-state index >= 15 is 0 Å². The van der Waals surface area contributed by atoms with Crippen LogP contribution in [0.25, 0.3) is 0 Å². The number of hydrogen-bond acceptors (Lipinski definition) is 5. The van der Waals surface area contributed by atoms with Crippen LogP contribution in [0.15, 0.2) is 23.1 Å². The van der Waals surface area contributed by atoms with Crippen LogP contribution in [0.1, 0.15) is 6.92 Å². The zero-order valence-electron chi connectivity index (χ0n) is 11.7. The number of benzene rings is 1. The Morgan fingerprint density at radius 1 is 1.43 bits per heavy atom. The normalized spacial score (nSPS) is 23.2. The van der Waals surface area contributed by atoms with Gasteiger partial charge in [0.05, 0.1) is 13.0 Å². The number of nitrogens with two attached hydrogens (primary N) is 1. The third-order valence-electron chi connectivity index (χ3n) is 3.66. The number of nitrogens with zero attached hydrogens (tertiary/aromatic N) is 1. The van der Waals surface area contributed by atoms with E-state index in [0.717, 1.165) is 16.4 Å². The maximum absolute atomic E-state index is 13.8. The molecule has 21 heavy (non-hydrogen) atoms. The predicted octanol–water partition coefficient (Wildman–Crippen LogP) is 0.837. The minimum absolute atomic E-state index is 0.0234. The van der Waals surface area contributed by atoms with Crippen LogP contribution >= 0.6 is 0 Å². The lowest BCUT2D eigenvalue weighted by Crippen LogP contribution is -2.31. The van der Waals surface area contributed by atoms with Gasteiger partial charge in [-0.1, -0.05) is 6.92 Å². The van der Waals surface area contributed by atoms with Crippen LogP contribution in [0.3, 0.4) is 0 Å². The van der Waals surface area contributed by atoms with Crippen LogP contribution in [0, 0.1) is 17.7 Å². The van der Waals surface area contributed by atoms with Crippen molar-refractivity contribution in [1.29, 1.82) is 0 Å². The van der Waals surface area contributed by atoms with Crippen molar-refractivity contribution in [2.45, 2.75) is 11.8 Å². The van der Waals surface area contributed by atoms with Crippen molar-refractivity contribution < 1.29 is 22.3 Å². The molecule has 2 N–H and O–H groups in total. The average molecular weight is 316 g/mol. The smallest absolute Gasteiger partial charge is 0.310 e. The molecule has 1 aliphatic heterocycles. The number of methoxy groups -OCH3 is 1. The molecule has 0 aliphatic carbocycles. The van der Waals surface area contributed by atoms with Crippen molar-refractivity contribution in [3.8, 4) is 0 Å². The summed E-state index contributed by atoms with van der Waals surface area (Å²) in [6, 6.07) is 3.39. The molecule has 1 aliphatic rings. The molecule has 1 fully saturated rings. The number of anilines is 1. The summed E-state index contributed by atoms with van der Waals surface area (Å²) in [6.45, 7) is 1.87. The van der Waals surface area contributed by atoms with Gasteiger partial charge in [-0.15, -0.1) is 0 Å². The van der Waals surface area contributed by atoms with E-state index in [1.54, 1.807) is 6.92 Å². The maximum Gasteiger partial charge on any atom is 0.310 e. The average Bonchev–Trinajstić information content (AvgIpc) is 2.83. The van der Waals surface area contributed by atoms with Crippen LogP contribution in [-0.2, 0) is 19.6 Å². The molecule has 6 nitrogen and oxygen atoms in total. The molecule has 1 aromatic carbocycles. The molecule has 1 heterocycles. The van der Waals surface area contributed by atoms with Crippen LogP contribution in [0.5, 0.6) is 0 Å². The Hall–Kier alpha value is -1.67. The summed E-state index contributed by atoms with van der Waals surface area (Å²) in [5.74, 6) is -2.07. The molecule has 0 bridgehead atoms. The Morgan fingerprint density at radius 3 is 2.71 bits per heavy atom. The number of sulfonamides is 1. The first-order chi connectivity index (χ1) is 9.77. The fraction of sp³-hybridized carbons (Fsp3) is 0.462. The van der Waals surface area contributed by atoms with Gasteiger partial charge in [-0.2, -0.15) is 4.31 Å². The van der Waals surface area contributed by atoms with Crippen molar-refractivity contribution in [2.24, 2.45) is 11.8 Å². The van der Waals surface area contributed by atoms with Gasteiger partial charge in [0.1, 0.15) is 10.7 Å². The topological polar surface area (TPSA) is 89.7 Å². The lowest BCUT2D eigenvalue weighted by molar-refractivity contribution is -0.145. The van der Waals surface area contributed by atoms with Gasteiger partial charge >= 0.3 is 5.97 Å². The second-order valence-electron chi connectivity index (χ2n) is 5.12. The Labute approximate surface area is 122 Å². The summed E-state index contributed by atoms with van der Waals surface area (Å²) in [5, 5.41) is 0. The fourth-order valence-electron chi connectivity index (χ4n) is 2.43. The monoisotopic (exact) mass is 316 g/mol. The third-order valence-corrected chi connectivity index (χ3v) is 5.50. The van der Waals surface area contributed by atoms with Crippen LogP contribution < -0.4 is 5.73 Å². The number of halogens is 1. The summed E-state index contributed by atoms with van der Waals surface area (Å²) < 4.78 is 44.5. The number of rotatable bonds is 3. The van der Waals surface area contributed by atoms with Crippen molar-refractivity contribution in [2.75, 3.05) is 25.9 Å². The highest BCUT2D eigenvalue weighted by Gasteiger charge is 2.42. The summed E-state index contributed by atoms with van der Waals surface area (Å²) in [7, 11) is -2.78. The van der Waals surface area contributed by atoms with E-state index < -0.39 is 32.6 Å². The largest absolute Gasteiger partial charge is 0.469 e. The van der Waals surface area contributed by atoms with Crippen LogP contribution in [0.4, 0.5) is 10.1 Å². The first kappa shape index (κ1) is 15.7. The Bertz CT molecular complexity index is 662. The summed E-state index contributed by atoms with van der Waals surface area (Å²) in [6.07, 6.45) is 0. The molecule has 1 aromatic rings. The van der Waals surface area contributed by atoms with Crippen molar-refractivity contribution in [3.05, 3.63) is 24.0 Å². The Kier molecular flexibility index (Phi) is 4.20. The molecular weight excluding hydrogens is 299 g/mol. The highest BCUT2D eigenvalue weighted by atomic mass is 32.2. The molecule has 0 amide bonds. The number of carbonyl (C=O) groups is 1. The molecule has 0 saturated carbocycles. The maximum atomic E-state index is 13.8. The van der Waals surface area contributed by atoms with E-state index in [4.69, 9.17) is 5.73 Å². The molecule has 1 saturated heterocycles. The quantitative estimate of drug-likeness (QED) is 0.659. The number of carbonyl (C=O) groups excluding carboxylic acids is 1. The minimum atomic E-state index is -4.03. The number of nitrogen functional groups attached to an aromatic ring is 1. The molecule has 0 radical (unpaired) electrons. The van der Waals surface area contributed by atoms with E-state index in [1.807, 2.05) is 0 Å². The van der Waals surface area contributed by atoms with Gasteiger partial charge in [0.25, 0.3) is 0 Å². The molecule has 2 atom stereocenters. The summed E-state index contributed by atoms with van der Waals surface area (Å²) in [4.78, 5) is 11.1. The van der Waals surface area contributed by atoms with Crippen LogP contribution in [0.2, 0.25) is 0 Å². The lowest BCUT2D eigenvalue weighted by atomic mass is 9.99. The molecule has 2 rings (SSSR count). The first-order valence-electron chi connectivity index (χ1n) is 6.40. The SMILES string of the molecule is COC(=O)C1CN(S(=O)(=O)c2cc(N)ccc2F)CC1C.